The highest BCUT2D eigenvalue weighted by Crippen LogP contribution is 2.36. The summed E-state index contributed by atoms with van der Waals surface area (Å²) in [7, 11) is 0. The first kappa shape index (κ1) is 24.2. The number of nitrogens with zero attached hydrogens (tertiary/aromatic N) is 3. The molecule has 34 heavy (non-hydrogen) atoms. The van der Waals surface area contributed by atoms with E-state index in [1.807, 2.05) is 49.1 Å². The van der Waals surface area contributed by atoms with Gasteiger partial charge in [-0.25, -0.2) is 4.98 Å². The molecule has 2 aliphatic heterocycles. The van der Waals surface area contributed by atoms with E-state index in [9.17, 15) is 22.8 Å². The van der Waals surface area contributed by atoms with Gasteiger partial charge in [0.05, 0.1) is 23.0 Å². The maximum Gasteiger partial charge on any atom is 0.433 e. The first-order valence-electron chi connectivity index (χ1n) is 11.5. The molecule has 2 fully saturated rings. The van der Waals surface area contributed by atoms with E-state index in [2.05, 4.69) is 10.3 Å². The van der Waals surface area contributed by atoms with Gasteiger partial charge in [-0.2, -0.15) is 13.2 Å². The Morgan fingerprint density at radius 1 is 1.15 bits per heavy atom. The molecule has 1 aromatic carbocycles. The Morgan fingerprint density at radius 3 is 2.35 bits per heavy atom. The van der Waals surface area contributed by atoms with E-state index in [0.29, 0.717) is 32.5 Å². The number of hydrogen-bond acceptors (Lipinski definition) is 4. The standard InChI is InChI=1S/C25H29F3N4O2/c1-16(2)21-23(34)32(15-18-7-5-4-6-8-18)24(30-21)11-13-31(14-12-24)22(33)19-9-10-20(25(26,27)28)29-17(19)3/h4-10,16,21,30H,11-15H2,1-3H3. The summed E-state index contributed by atoms with van der Waals surface area (Å²) < 4.78 is 38.8. The van der Waals surface area contributed by atoms with Crippen LogP contribution in [-0.4, -0.2) is 51.4 Å². The zero-order valence-corrected chi connectivity index (χ0v) is 19.5. The van der Waals surface area contributed by atoms with Crippen LogP contribution in [0.2, 0.25) is 0 Å². The van der Waals surface area contributed by atoms with Crippen LogP contribution in [0.1, 0.15) is 54.0 Å². The zero-order chi connectivity index (χ0) is 24.7. The quantitative estimate of drug-likeness (QED) is 0.728. The van der Waals surface area contributed by atoms with Crippen LogP contribution in [0, 0.1) is 12.8 Å². The van der Waals surface area contributed by atoms with E-state index in [1.165, 1.54) is 13.0 Å². The molecule has 1 unspecified atom stereocenters. The monoisotopic (exact) mass is 474 g/mol. The molecule has 1 spiro atoms. The van der Waals surface area contributed by atoms with Crippen molar-refractivity contribution in [3.8, 4) is 0 Å². The number of alkyl halides is 3. The minimum Gasteiger partial charge on any atom is -0.338 e. The number of hydrogen-bond donors (Lipinski definition) is 1. The number of carbonyl (C=O) groups is 2. The van der Waals surface area contributed by atoms with Crippen molar-refractivity contribution < 1.29 is 22.8 Å². The summed E-state index contributed by atoms with van der Waals surface area (Å²) in [6, 6.07) is 11.5. The third-order valence-corrected chi connectivity index (χ3v) is 6.81. The Hall–Kier alpha value is -2.94. The second-order valence-corrected chi connectivity index (χ2v) is 9.43. The number of halogens is 3. The van der Waals surface area contributed by atoms with Crippen molar-refractivity contribution >= 4 is 11.8 Å². The molecule has 2 amide bonds. The highest BCUT2D eigenvalue weighted by atomic mass is 19.4. The molecule has 0 aliphatic carbocycles. The van der Waals surface area contributed by atoms with Gasteiger partial charge in [-0.3, -0.25) is 14.9 Å². The van der Waals surface area contributed by atoms with E-state index in [0.717, 1.165) is 11.6 Å². The predicted octanol–water partition coefficient (Wildman–Crippen LogP) is 4.00. The molecule has 182 valence electrons. The molecule has 3 heterocycles. The molecule has 2 aromatic rings. The van der Waals surface area contributed by atoms with E-state index in [-0.39, 0.29) is 35.0 Å². The van der Waals surface area contributed by atoms with Crippen LogP contribution < -0.4 is 5.32 Å². The first-order valence-corrected chi connectivity index (χ1v) is 11.5. The molecular formula is C25H29F3N4O2. The average molecular weight is 475 g/mol. The van der Waals surface area contributed by atoms with Crippen LogP contribution in [0.4, 0.5) is 13.2 Å². The van der Waals surface area contributed by atoms with Crippen LogP contribution in [0.25, 0.3) is 0 Å². The van der Waals surface area contributed by atoms with Gasteiger partial charge in [-0.05, 0) is 30.5 Å². The minimum atomic E-state index is -4.56. The Bertz CT molecular complexity index is 1060. The predicted molar refractivity (Wildman–Crippen MR) is 121 cm³/mol. The van der Waals surface area contributed by atoms with E-state index >= 15 is 0 Å². The summed E-state index contributed by atoms with van der Waals surface area (Å²) in [6.45, 7) is 6.68. The van der Waals surface area contributed by atoms with Gasteiger partial charge < -0.3 is 9.80 Å². The third kappa shape index (κ3) is 4.53. The maximum absolute atomic E-state index is 13.3. The molecular weight excluding hydrogens is 445 g/mol. The molecule has 0 radical (unpaired) electrons. The molecule has 2 aliphatic rings. The maximum atomic E-state index is 13.3. The summed E-state index contributed by atoms with van der Waals surface area (Å²) in [5.74, 6) is -0.167. The van der Waals surface area contributed by atoms with Gasteiger partial charge in [-0.1, -0.05) is 44.2 Å². The van der Waals surface area contributed by atoms with Crippen LogP contribution in [0.5, 0.6) is 0 Å². The van der Waals surface area contributed by atoms with E-state index in [1.54, 1.807) is 4.90 Å². The lowest BCUT2D eigenvalue weighted by molar-refractivity contribution is -0.141. The molecule has 0 saturated carbocycles. The highest BCUT2D eigenvalue weighted by Gasteiger charge is 2.52. The summed E-state index contributed by atoms with van der Waals surface area (Å²) >= 11 is 0. The molecule has 9 heteroatoms. The molecule has 4 rings (SSSR count). The highest BCUT2D eigenvalue weighted by molar-refractivity contribution is 5.95. The van der Waals surface area contributed by atoms with Crippen molar-refractivity contribution in [2.75, 3.05) is 13.1 Å². The molecule has 6 nitrogen and oxygen atoms in total. The van der Waals surface area contributed by atoms with Gasteiger partial charge in [0.1, 0.15) is 5.69 Å². The van der Waals surface area contributed by atoms with Gasteiger partial charge in [0.2, 0.25) is 5.91 Å². The lowest BCUT2D eigenvalue weighted by Gasteiger charge is -2.45. The lowest BCUT2D eigenvalue weighted by atomic mass is 9.94. The fraction of sp³-hybridized carbons (Fsp3) is 0.480. The van der Waals surface area contributed by atoms with Gasteiger partial charge in [0, 0.05) is 32.5 Å². The number of amides is 2. The zero-order valence-electron chi connectivity index (χ0n) is 19.5. The summed E-state index contributed by atoms with van der Waals surface area (Å²) in [4.78, 5) is 33.5. The average Bonchev–Trinajstić information content (AvgIpc) is 3.05. The van der Waals surface area contributed by atoms with Crippen molar-refractivity contribution in [3.63, 3.8) is 0 Å². The van der Waals surface area contributed by atoms with Crippen LogP contribution >= 0.6 is 0 Å². The normalized spacial score (nSPS) is 20.4. The van der Waals surface area contributed by atoms with Crippen molar-refractivity contribution in [1.29, 1.82) is 0 Å². The number of likely N-dealkylation sites (tertiary alicyclic amines) is 1. The number of aromatic nitrogens is 1. The number of aryl methyl sites for hydroxylation is 1. The Balaban J connectivity index is 1.52. The van der Waals surface area contributed by atoms with Crippen LogP contribution in [0.3, 0.4) is 0 Å². The summed E-state index contributed by atoms with van der Waals surface area (Å²) in [5, 5.41) is 3.56. The molecule has 1 aromatic heterocycles. The molecule has 1 atom stereocenters. The number of carbonyl (C=O) groups excluding carboxylic acids is 2. The second kappa shape index (κ2) is 9.02. The smallest absolute Gasteiger partial charge is 0.338 e. The number of piperidine rings is 1. The fourth-order valence-electron chi connectivity index (χ4n) is 4.86. The van der Waals surface area contributed by atoms with Gasteiger partial charge in [0.15, 0.2) is 0 Å². The van der Waals surface area contributed by atoms with Gasteiger partial charge in [-0.15, -0.1) is 0 Å². The summed E-state index contributed by atoms with van der Waals surface area (Å²) in [5.41, 5.74) is -0.317. The summed E-state index contributed by atoms with van der Waals surface area (Å²) in [6.07, 6.45) is -3.49. The largest absolute Gasteiger partial charge is 0.433 e. The number of rotatable bonds is 4. The minimum absolute atomic E-state index is 0.0554. The molecule has 2 saturated heterocycles. The van der Waals surface area contributed by atoms with Crippen molar-refractivity contribution in [3.05, 3.63) is 65.0 Å². The fourth-order valence-corrected chi connectivity index (χ4v) is 4.86. The van der Waals surface area contributed by atoms with Gasteiger partial charge in [0.25, 0.3) is 5.91 Å². The van der Waals surface area contributed by atoms with Crippen LogP contribution in [0.15, 0.2) is 42.5 Å². The van der Waals surface area contributed by atoms with E-state index < -0.39 is 17.5 Å². The third-order valence-electron chi connectivity index (χ3n) is 6.81. The SMILES string of the molecule is Cc1nc(C(F)(F)F)ccc1C(=O)N1CCC2(CC1)NC(C(C)C)C(=O)N2Cc1ccccc1. The lowest BCUT2D eigenvalue weighted by Crippen LogP contribution is -2.59. The topological polar surface area (TPSA) is 65.5 Å². The number of pyridine rings is 1. The van der Waals surface area contributed by atoms with E-state index in [4.69, 9.17) is 0 Å². The molecule has 0 bridgehead atoms. The number of nitrogens with one attached hydrogen (secondary N) is 1. The van der Waals surface area contributed by atoms with Crippen molar-refractivity contribution in [2.45, 2.75) is 58.0 Å². The second-order valence-electron chi connectivity index (χ2n) is 9.43. The van der Waals surface area contributed by atoms with Crippen LogP contribution in [-0.2, 0) is 17.5 Å². The van der Waals surface area contributed by atoms with Crippen molar-refractivity contribution in [1.82, 2.24) is 20.1 Å². The first-order chi connectivity index (χ1) is 16.0. The Morgan fingerprint density at radius 2 is 1.79 bits per heavy atom. The Kier molecular flexibility index (Phi) is 6.42. The van der Waals surface area contributed by atoms with Crippen molar-refractivity contribution in [2.24, 2.45) is 5.92 Å². The van der Waals surface area contributed by atoms with Gasteiger partial charge >= 0.3 is 6.18 Å². The number of benzene rings is 1. The molecule has 1 N–H and O–H groups in total. The Labute approximate surface area is 197 Å².